The predicted octanol–water partition coefficient (Wildman–Crippen LogP) is 3.00. The number of hydrogen-bond acceptors (Lipinski definition) is 3. The van der Waals surface area contributed by atoms with Crippen LogP contribution >= 0.6 is 11.3 Å². The fourth-order valence-electron chi connectivity index (χ4n) is 2.07. The molecule has 0 radical (unpaired) electrons. The first-order chi connectivity index (χ1) is 8.29. The number of aromatic nitrogens is 1. The molecule has 0 aliphatic heterocycles. The van der Waals surface area contributed by atoms with Crippen molar-refractivity contribution < 1.29 is 0 Å². The number of nitrogens with zero attached hydrogens (tertiary/aromatic N) is 1. The molecule has 0 aliphatic rings. The first-order valence-electron chi connectivity index (χ1n) is 5.88. The van der Waals surface area contributed by atoms with Gasteiger partial charge in [0, 0.05) is 17.8 Å². The summed E-state index contributed by atoms with van der Waals surface area (Å²) in [4.78, 5) is 4.38. The zero-order chi connectivity index (χ0) is 12.1. The van der Waals surface area contributed by atoms with Gasteiger partial charge in [-0.05, 0) is 26.0 Å². The van der Waals surface area contributed by atoms with Crippen LogP contribution in [0.4, 0.5) is 0 Å². The molecular formula is C14H18N2S. The lowest BCUT2D eigenvalue weighted by molar-refractivity contribution is 0.619. The molecule has 0 bridgehead atoms. The van der Waals surface area contributed by atoms with Crippen molar-refractivity contribution >= 4 is 11.3 Å². The smallest absolute Gasteiger partial charge is 0.0794 e. The number of benzene rings is 1. The van der Waals surface area contributed by atoms with E-state index in [1.807, 2.05) is 12.6 Å². The lowest BCUT2D eigenvalue weighted by Gasteiger charge is -2.16. The summed E-state index contributed by atoms with van der Waals surface area (Å²) in [5, 5.41) is 5.41. The Bertz CT molecular complexity index is 451. The Labute approximate surface area is 107 Å². The van der Waals surface area contributed by atoms with Crippen LogP contribution in [0, 0.1) is 6.92 Å². The van der Waals surface area contributed by atoms with E-state index in [4.69, 9.17) is 0 Å². The van der Waals surface area contributed by atoms with E-state index >= 15 is 0 Å². The van der Waals surface area contributed by atoms with Crippen LogP contribution in [-0.4, -0.2) is 18.6 Å². The van der Waals surface area contributed by atoms with Crippen LogP contribution in [0.2, 0.25) is 0 Å². The molecule has 0 spiro atoms. The molecule has 2 aromatic rings. The van der Waals surface area contributed by atoms with E-state index in [1.165, 1.54) is 16.8 Å². The molecule has 1 unspecified atom stereocenters. The average Bonchev–Trinajstić information content (AvgIpc) is 2.81. The molecule has 17 heavy (non-hydrogen) atoms. The van der Waals surface area contributed by atoms with Crippen molar-refractivity contribution in [2.45, 2.75) is 19.3 Å². The van der Waals surface area contributed by atoms with Crippen LogP contribution in [0.5, 0.6) is 0 Å². The number of likely N-dealkylation sites (N-methyl/N-ethyl adjacent to an activating group) is 1. The molecule has 90 valence electrons. The van der Waals surface area contributed by atoms with Crippen LogP contribution in [0.3, 0.4) is 0 Å². The highest BCUT2D eigenvalue weighted by molar-refractivity contribution is 7.07. The van der Waals surface area contributed by atoms with Gasteiger partial charge in [-0.3, -0.25) is 0 Å². The second-order valence-corrected chi connectivity index (χ2v) is 5.07. The van der Waals surface area contributed by atoms with Gasteiger partial charge in [0.05, 0.1) is 11.2 Å². The summed E-state index contributed by atoms with van der Waals surface area (Å²) >= 11 is 1.67. The Morgan fingerprint density at radius 1 is 1.41 bits per heavy atom. The molecule has 3 heteroatoms. The zero-order valence-corrected chi connectivity index (χ0v) is 11.1. The number of hydrogen-bond donors (Lipinski definition) is 1. The maximum atomic E-state index is 4.38. The molecule has 0 aliphatic carbocycles. The quantitative estimate of drug-likeness (QED) is 0.877. The molecule has 1 atom stereocenters. The number of thiazole rings is 1. The molecule has 0 saturated carbocycles. The summed E-state index contributed by atoms with van der Waals surface area (Å²) in [6.45, 7) is 3.13. The SMILES string of the molecule is CNCC(Cc1cscn1)c1cccc(C)c1. The zero-order valence-electron chi connectivity index (χ0n) is 10.3. The molecule has 1 aromatic heterocycles. The van der Waals surface area contributed by atoms with Crippen LogP contribution < -0.4 is 5.32 Å². The molecule has 1 aromatic carbocycles. The molecule has 0 amide bonds. The monoisotopic (exact) mass is 246 g/mol. The van der Waals surface area contributed by atoms with Crippen LogP contribution in [0.1, 0.15) is 22.7 Å². The third kappa shape index (κ3) is 3.38. The highest BCUT2D eigenvalue weighted by Gasteiger charge is 2.12. The van der Waals surface area contributed by atoms with Crippen molar-refractivity contribution in [1.29, 1.82) is 0 Å². The van der Waals surface area contributed by atoms with E-state index in [-0.39, 0.29) is 0 Å². The Hall–Kier alpha value is -1.19. The number of nitrogens with one attached hydrogen (secondary N) is 1. The van der Waals surface area contributed by atoms with E-state index in [0.29, 0.717) is 5.92 Å². The van der Waals surface area contributed by atoms with Crippen molar-refractivity contribution in [3.8, 4) is 0 Å². The second-order valence-electron chi connectivity index (χ2n) is 4.35. The number of aryl methyl sites for hydroxylation is 1. The first kappa shape index (κ1) is 12.3. The van der Waals surface area contributed by atoms with E-state index in [0.717, 1.165) is 13.0 Å². The summed E-state index contributed by atoms with van der Waals surface area (Å²) in [6.07, 6.45) is 1.01. The molecule has 2 nitrogen and oxygen atoms in total. The highest BCUT2D eigenvalue weighted by Crippen LogP contribution is 2.21. The minimum Gasteiger partial charge on any atom is -0.319 e. The van der Waals surface area contributed by atoms with Crippen molar-refractivity contribution in [2.24, 2.45) is 0 Å². The van der Waals surface area contributed by atoms with E-state index in [2.05, 4.69) is 46.9 Å². The summed E-state index contributed by atoms with van der Waals surface area (Å²) in [5.74, 6) is 0.502. The lowest BCUT2D eigenvalue weighted by Crippen LogP contribution is -2.19. The van der Waals surface area contributed by atoms with Gasteiger partial charge >= 0.3 is 0 Å². The van der Waals surface area contributed by atoms with Gasteiger partial charge < -0.3 is 5.32 Å². The number of rotatable bonds is 5. The first-order valence-corrected chi connectivity index (χ1v) is 6.82. The summed E-state index contributed by atoms with van der Waals surface area (Å²) in [7, 11) is 2.00. The third-order valence-corrected chi connectivity index (χ3v) is 3.54. The van der Waals surface area contributed by atoms with Crippen molar-refractivity contribution in [1.82, 2.24) is 10.3 Å². The largest absolute Gasteiger partial charge is 0.319 e. The lowest BCUT2D eigenvalue weighted by atomic mass is 9.93. The van der Waals surface area contributed by atoms with Gasteiger partial charge in [-0.2, -0.15) is 0 Å². The van der Waals surface area contributed by atoms with Crippen molar-refractivity contribution in [3.05, 3.63) is 52.0 Å². The van der Waals surface area contributed by atoms with Gasteiger partial charge in [0.2, 0.25) is 0 Å². The maximum Gasteiger partial charge on any atom is 0.0794 e. The van der Waals surface area contributed by atoms with E-state index in [9.17, 15) is 0 Å². The van der Waals surface area contributed by atoms with Gasteiger partial charge in [0.15, 0.2) is 0 Å². The summed E-state index contributed by atoms with van der Waals surface area (Å²) in [5.41, 5.74) is 5.81. The van der Waals surface area contributed by atoms with Crippen molar-refractivity contribution in [2.75, 3.05) is 13.6 Å². The molecule has 0 saturated heterocycles. The van der Waals surface area contributed by atoms with Gasteiger partial charge in [0.25, 0.3) is 0 Å². The van der Waals surface area contributed by atoms with Gasteiger partial charge in [-0.25, -0.2) is 4.98 Å². The van der Waals surface area contributed by atoms with Crippen molar-refractivity contribution in [3.63, 3.8) is 0 Å². The van der Waals surface area contributed by atoms with Crippen LogP contribution in [0.15, 0.2) is 35.2 Å². The van der Waals surface area contributed by atoms with Gasteiger partial charge in [0.1, 0.15) is 0 Å². The normalized spacial score (nSPS) is 12.6. The Morgan fingerprint density at radius 3 is 2.94 bits per heavy atom. The summed E-state index contributed by atoms with van der Waals surface area (Å²) in [6, 6.07) is 8.76. The minimum atomic E-state index is 0.502. The maximum absolute atomic E-state index is 4.38. The van der Waals surface area contributed by atoms with Gasteiger partial charge in [-0.1, -0.05) is 29.8 Å². The second kappa shape index (κ2) is 5.94. The highest BCUT2D eigenvalue weighted by atomic mass is 32.1. The van der Waals surface area contributed by atoms with E-state index in [1.54, 1.807) is 11.3 Å². The predicted molar refractivity (Wildman–Crippen MR) is 73.7 cm³/mol. The molecule has 0 fully saturated rings. The van der Waals surface area contributed by atoms with E-state index < -0.39 is 0 Å². The standard InChI is InChI=1S/C14H18N2S/c1-11-4-3-5-12(6-11)13(8-15-2)7-14-9-17-10-16-14/h3-6,9-10,13,15H,7-8H2,1-2H3. The minimum absolute atomic E-state index is 0.502. The third-order valence-electron chi connectivity index (χ3n) is 2.90. The van der Waals surface area contributed by atoms with Crippen LogP contribution in [0.25, 0.3) is 0 Å². The Kier molecular flexibility index (Phi) is 4.29. The topological polar surface area (TPSA) is 24.9 Å². The molecular weight excluding hydrogens is 228 g/mol. The van der Waals surface area contributed by atoms with Gasteiger partial charge in [-0.15, -0.1) is 11.3 Å². The Balaban J connectivity index is 2.16. The fourth-order valence-corrected chi connectivity index (χ4v) is 2.64. The molecule has 2 rings (SSSR count). The molecule has 1 N–H and O–H groups in total. The fraction of sp³-hybridized carbons (Fsp3) is 0.357. The summed E-state index contributed by atoms with van der Waals surface area (Å²) < 4.78 is 0. The molecule has 1 heterocycles. The average molecular weight is 246 g/mol. The van der Waals surface area contributed by atoms with Crippen LogP contribution in [-0.2, 0) is 6.42 Å². The Morgan fingerprint density at radius 2 is 2.29 bits per heavy atom.